The number of rotatable bonds is 4. The van der Waals surface area contributed by atoms with E-state index in [0.717, 1.165) is 0 Å². The van der Waals surface area contributed by atoms with Crippen LogP contribution in [0.4, 0.5) is 0 Å². The van der Waals surface area contributed by atoms with E-state index in [9.17, 15) is 9.90 Å². The molecule has 2 N–H and O–H groups in total. The van der Waals surface area contributed by atoms with Crippen molar-refractivity contribution in [3.8, 4) is 0 Å². The van der Waals surface area contributed by atoms with Crippen molar-refractivity contribution in [1.29, 1.82) is 0 Å². The average molecular weight is 263 g/mol. The van der Waals surface area contributed by atoms with Gasteiger partial charge in [0, 0.05) is 5.56 Å². The molecule has 0 bridgehead atoms. The molecule has 19 heavy (non-hydrogen) atoms. The summed E-state index contributed by atoms with van der Waals surface area (Å²) in [7, 11) is 0. The van der Waals surface area contributed by atoms with Crippen LogP contribution in [-0.4, -0.2) is 22.2 Å². The fraction of sp³-hybridized carbons (Fsp3) is 0.562. The minimum Gasteiger partial charge on any atom is -0.388 e. The van der Waals surface area contributed by atoms with E-state index in [4.69, 9.17) is 0 Å². The predicted octanol–water partition coefficient (Wildman–Crippen LogP) is 3.09. The van der Waals surface area contributed by atoms with Crippen molar-refractivity contribution in [3.05, 3.63) is 35.4 Å². The maximum Gasteiger partial charge on any atom is 0.251 e. The molecule has 1 aromatic carbocycles. The maximum absolute atomic E-state index is 12.2. The van der Waals surface area contributed by atoms with Crippen LogP contribution in [-0.2, 0) is 0 Å². The first-order valence-electron chi connectivity index (χ1n) is 6.69. The van der Waals surface area contributed by atoms with Gasteiger partial charge in [-0.3, -0.25) is 4.79 Å². The molecule has 0 unspecified atom stereocenters. The molecule has 1 amide bonds. The van der Waals surface area contributed by atoms with E-state index in [-0.39, 0.29) is 5.91 Å². The Bertz CT molecular complexity index is 439. The van der Waals surface area contributed by atoms with Crippen LogP contribution < -0.4 is 5.32 Å². The normalized spacial score (nSPS) is 12.6. The van der Waals surface area contributed by atoms with Gasteiger partial charge in [-0.2, -0.15) is 0 Å². The van der Waals surface area contributed by atoms with Gasteiger partial charge < -0.3 is 10.4 Å². The topological polar surface area (TPSA) is 49.3 Å². The Balaban J connectivity index is 2.85. The largest absolute Gasteiger partial charge is 0.388 e. The molecule has 3 nitrogen and oxygen atoms in total. The van der Waals surface area contributed by atoms with Gasteiger partial charge in [-0.15, -0.1) is 0 Å². The van der Waals surface area contributed by atoms with Gasteiger partial charge >= 0.3 is 0 Å². The highest BCUT2D eigenvalue weighted by Crippen LogP contribution is 2.21. The second-order valence-corrected chi connectivity index (χ2v) is 6.41. The summed E-state index contributed by atoms with van der Waals surface area (Å²) in [5.74, 6) is 0.285. The molecular weight excluding hydrogens is 238 g/mol. The highest BCUT2D eigenvalue weighted by Gasteiger charge is 2.36. The van der Waals surface area contributed by atoms with Crippen molar-refractivity contribution in [2.45, 2.75) is 58.6 Å². The fourth-order valence-corrected chi connectivity index (χ4v) is 1.53. The third-order valence-electron chi connectivity index (χ3n) is 3.80. The molecular formula is C16H25NO2. The SMILES string of the molecule is CC(C)c1ccc(C(=O)NC(C)(C)C(C)(C)O)cc1. The van der Waals surface area contributed by atoms with Gasteiger partial charge in [-0.1, -0.05) is 26.0 Å². The maximum atomic E-state index is 12.2. The zero-order chi connectivity index (χ0) is 14.8. The van der Waals surface area contributed by atoms with Crippen LogP contribution in [0.3, 0.4) is 0 Å². The molecule has 0 aromatic heterocycles. The Hall–Kier alpha value is -1.35. The number of carbonyl (C=O) groups excluding carboxylic acids is 1. The number of aliphatic hydroxyl groups is 1. The zero-order valence-corrected chi connectivity index (χ0v) is 12.7. The van der Waals surface area contributed by atoms with Crippen molar-refractivity contribution in [2.75, 3.05) is 0 Å². The van der Waals surface area contributed by atoms with Gasteiger partial charge in [0.1, 0.15) is 0 Å². The molecule has 0 aliphatic heterocycles. The number of amides is 1. The molecule has 0 radical (unpaired) electrons. The van der Waals surface area contributed by atoms with E-state index in [1.807, 2.05) is 38.1 Å². The monoisotopic (exact) mass is 263 g/mol. The minimum absolute atomic E-state index is 0.164. The van der Waals surface area contributed by atoms with Gasteiger partial charge in [0.15, 0.2) is 0 Å². The second-order valence-electron chi connectivity index (χ2n) is 6.41. The summed E-state index contributed by atoms with van der Waals surface area (Å²) in [6.07, 6.45) is 0. The van der Waals surface area contributed by atoms with Crippen molar-refractivity contribution in [1.82, 2.24) is 5.32 Å². The van der Waals surface area contributed by atoms with E-state index in [0.29, 0.717) is 11.5 Å². The predicted molar refractivity (Wildman–Crippen MR) is 78.4 cm³/mol. The van der Waals surface area contributed by atoms with Crippen molar-refractivity contribution < 1.29 is 9.90 Å². The third-order valence-corrected chi connectivity index (χ3v) is 3.80. The van der Waals surface area contributed by atoms with Crippen LogP contribution in [0.2, 0.25) is 0 Å². The second kappa shape index (κ2) is 5.33. The van der Waals surface area contributed by atoms with E-state index < -0.39 is 11.1 Å². The summed E-state index contributed by atoms with van der Waals surface area (Å²) in [6.45, 7) is 11.2. The van der Waals surface area contributed by atoms with Crippen molar-refractivity contribution in [3.63, 3.8) is 0 Å². The molecule has 0 atom stereocenters. The quantitative estimate of drug-likeness (QED) is 0.877. The first-order valence-corrected chi connectivity index (χ1v) is 6.69. The molecule has 3 heteroatoms. The lowest BCUT2D eigenvalue weighted by Crippen LogP contribution is -2.57. The summed E-state index contributed by atoms with van der Waals surface area (Å²) < 4.78 is 0. The lowest BCUT2D eigenvalue weighted by atomic mass is 9.85. The summed E-state index contributed by atoms with van der Waals surface area (Å²) in [6, 6.07) is 7.59. The standard InChI is InChI=1S/C16H25NO2/c1-11(2)12-7-9-13(10-8-12)14(18)17-15(3,4)16(5,6)19/h7-11,19H,1-6H3,(H,17,18). The summed E-state index contributed by atoms with van der Waals surface area (Å²) in [5, 5.41) is 12.9. The molecule has 0 heterocycles. The van der Waals surface area contributed by atoms with E-state index in [2.05, 4.69) is 19.2 Å². The Morgan fingerprint density at radius 2 is 1.58 bits per heavy atom. The van der Waals surface area contributed by atoms with E-state index in [1.54, 1.807) is 13.8 Å². The Morgan fingerprint density at radius 1 is 1.11 bits per heavy atom. The van der Waals surface area contributed by atoms with Crippen LogP contribution in [0.5, 0.6) is 0 Å². The van der Waals surface area contributed by atoms with Crippen molar-refractivity contribution >= 4 is 5.91 Å². The van der Waals surface area contributed by atoms with Gasteiger partial charge in [0.05, 0.1) is 11.1 Å². The molecule has 1 aromatic rings. The molecule has 106 valence electrons. The molecule has 0 saturated carbocycles. The van der Waals surface area contributed by atoms with Crippen LogP contribution in [0, 0.1) is 0 Å². The van der Waals surface area contributed by atoms with Crippen molar-refractivity contribution in [2.24, 2.45) is 0 Å². The lowest BCUT2D eigenvalue weighted by molar-refractivity contribution is -0.00292. The van der Waals surface area contributed by atoms with Crippen LogP contribution in [0.25, 0.3) is 0 Å². The van der Waals surface area contributed by atoms with Crippen LogP contribution in [0.15, 0.2) is 24.3 Å². The minimum atomic E-state index is -0.986. The number of hydrogen-bond donors (Lipinski definition) is 2. The zero-order valence-electron chi connectivity index (χ0n) is 12.7. The van der Waals surface area contributed by atoms with Gasteiger partial charge in [-0.05, 0) is 51.3 Å². The summed E-state index contributed by atoms with van der Waals surface area (Å²) >= 11 is 0. The smallest absolute Gasteiger partial charge is 0.251 e. The molecule has 0 spiro atoms. The van der Waals surface area contributed by atoms with E-state index in [1.165, 1.54) is 5.56 Å². The van der Waals surface area contributed by atoms with Crippen LogP contribution >= 0.6 is 0 Å². The summed E-state index contributed by atoms with van der Waals surface area (Å²) in [5.41, 5.74) is 0.140. The Kier molecular flexibility index (Phi) is 4.41. The third kappa shape index (κ3) is 3.80. The molecule has 1 rings (SSSR count). The number of carbonyl (C=O) groups is 1. The first-order chi connectivity index (χ1) is 8.54. The molecule has 0 saturated heterocycles. The first kappa shape index (κ1) is 15.7. The number of nitrogens with one attached hydrogen (secondary N) is 1. The highest BCUT2D eigenvalue weighted by atomic mass is 16.3. The molecule has 0 fully saturated rings. The summed E-state index contributed by atoms with van der Waals surface area (Å²) in [4.78, 5) is 12.2. The van der Waals surface area contributed by atoms with E-state index >= 15 is 0 Å². The van der Waals surface area contributed by atoms with Gasteiger partial charge in [0.2, 0.25) is 0 Å². The Morgan fingerprint density at radius 3 is 1.95 bits per heavy atom. The average Bonchev–Trinajstić information content (AvgIpc) is 2.27. The lowest BCUT2D eigenvalue weighted by Gasteiger charge is -2.38. The van der Waals surface area contributed by atoms with Gasteiger partial charge in [-0.25, -0.2) is 0 Å². The van der Waals surface area contributed by atoms with Crippen LogP contribution in [0.1, 0.15) is 63.4 Å². The fourth-order valence-electron chi connectivity index (χ4n) is 1.53. The molecule has 0 aliphatic rings. The molecule has 0 aliphatic carbocycles. The Labute approximate surface area is 116 Å². The number of benzene rings is 1. The number of hydrogen-bond acceptors (Lipinski definition) is 2. The highest BCUT2D eigenvalue weighted by molar-refractivity contribution is 5.94. The van der Waals surface area contributed by atoms with Gasteiger partial charge in [0.25, 0.3) is 5.91 Å².